The predicted octanol–water partition coefficient (Wildman–Crippen LogP) is 3.89. The molecule has 1 N–H and O–H groups in total. The first-order valence-electron chi connectivity index (χ1n) is 7.66. The zero-order valence-corrected chi connectivity index (χ0v) is 14.7. The third-order valence-electron chi connectivity index (χ3n) is 3.48. The average Bonchev–Trinajstić information content (AvgIpc) is 2.63. The number of nitriles is 1. The minimum absolute atomic E-state index is 0.247. The van der Waals surface area contributed by atoms with Crippen LogP contribution < -0.4 is 10.1 Å². The van der Waals surface area contributed by atoms with Gasteiger partial charge in [0.2, 0.25) is 0 Å². The van der Waals surface area contributed by atoms with Crippen molar-refractivity contribution in [2.45, 2.75) is 4.90 Å². The maximum Gasteiger partial charge on any atom is 0.175 e. The zero-order chi connectivity index (χ0) is 18.6. The van der Waals surface area contributed by atoms with Crippen molar-refractivity contribution in [3.8, 4) is 17.6 Å². The van der Waals surface area contributed by atoms with Crippen molar-refractivity contribution in [3.63, 3.8) is 0 Å². The fourth-order valence-electron chi connectivity index (χ4n) is 2.21. The molecule has 3 aromatic rings. The number of nitrogens with zero attached hydrogens (tertiary/aromatic N) is 2. The van der Waals surface area contributed by atoms with Crippen LogP contribution in [0.1, 0.15) is 5.69 Å². The molecule has 0 bridgehead atoms. The van der Waals surface area contributed by atoms with E-state index in [-0.39, 0.29) is 4.90 Å². The Morgan fingerprint density at radius 2 is 1.58 bits per heavy atom. The molecule has 1 aromatic heterocycles. The molecule has 0 fully saturated rings. The Kier molecular flexibility index (Phi) is 4.87. The number of aromatic nitrogens is 1. The summed E-state index contributed by atoms with van der Waals surface area (Å²) >= 11 is 0. The lowest BCUT2D eigenvalue weighted by atomic mass is 10.3. The minimum atomic E-state index is -3.22. The van der Waals surface area contributed by atoms with Crippen molar-refractivity contribution >= 4 is 21.3 Å². The number of pyridine rings is 1. The molecule has 6 nitrogen and oxygen atoms in total. The number of nitrogens with one attached hydrogen (secondary N) is 1. The molecule has 0 saturated heterocycles. The quantitative estimate of drug-likeness (QED) is 0.737. The van der Waals surface area contributed by atoms with Crippen LogP contribution in [0.4, 0.5) is 11.5 Å². The Labute approximate surface area is 151 Å². The van der Waals surface area contributed by atoms with Gasteiger partial charge in [-0.2, -0.15) is 5.26 Å². The van der Waals surface area contributed by atoms with E-state index in [0.29, 0.717) is 23.0 Å². The van der Waals surface area contributed by atoms with Gasteiger partial charge in [0.1, 0.15) is 29.1 Å². The van der Waals surface area contributed by atoms with E-state index in [2.05, 4.69) is 10.3 Å². The van der Waals surface area contributed by atoms with Crippen LogP contribution in [0.3, 0.4) is 0 Å². The predicted molar refractivity (Wildman–Crippen MR) is 98.3 cm³/mol. The van der Waals surface area contributed by atoms with E-state index in [9.17, 15) is 8.42 Å². The summed E-state index contributed by atoms with van der Waals surface area (Å²) < 4.78 is 28.6. The fourth-order valence-corrected chi connectivity index (χ4v) is 2.84. The third kappa shape index (κ3) is 4.37. The number of rotatable bonds is 5. The molecule has 7 heteroatoms. The standard InChI is InChI=1S/C19H15N3O3S/c1-26(23,24)18-11-9-17(10-12-18)25-16-7-5-14(6-8-16)21-19-4-2-3-15(13-20)22-19/h2-12H,1H3,(H,21,22). The Morgan fingerprint density at radius 3 is 2.15 bits per heavy atom. The summed E-state index contributed by atoms with van der Waals surface area (Å²) in [5.74, 6) is 1.73. The summed E-state index contributed by atoms with van der Waals surface area (Å²) in [5.41, 5.74) is 1.14. The second-order valence-corrected chi connectivity index (χ2v) is 7.53. The fraction of sp³-hybridized carbons (Fsp3) is 0.0526. The topological polar surface area (TPSA) is 92.1 Å². The second-order valence-electron chi connectivity index (χ2n) is 5.51. The van der Waals surface area contributed by atoms with Crippen molar-refractivity contribution in [1.82, 2.24) is 4.98 Å². The van der Waals surface area contributed by atoms with Crippen molar-refractivity contribution in [2.75, 3.05) is 11.6 Å². The Hall–Kier alpha value is -3.37. The molecule has 130 valence electrons. The molecule has 0 unspecified atom stereocenters. The zero-order valence-electron chi connectivity index (χ0n) is 13.9. The van der Waals surface area contributed by atoms with Gasteiger partial charge >= 0.3 is 0 Å². The summed E-state index contributed by atoms with van der Waals surface area (Å²) in [4.78, 5) is 4.40. The third-order valence-corrected chi connectivity index (χ3v) is 4.61. The first kappa shape index (κ1) is 17.5. The molecule has 26 heavy (non-hydrogen) atoms. The van der Waals surface area contributed by atoms with Crippen LogP contribution in [0, 0.1) is 11.3 Å². The molecule has 0 amide bonds. The number of hydrogen-bond donors (Lipinski definition) is 1. The van der Waals surface area contributed by atoms with Gasteiger partial charge in [-0.3, -0.25) is 0 Å². The first-order chi connectivity index (χ1) is 12.4. The molecule has 0 radical (unpaired) electrons. The maximum absolute atomic E-state index is 11.5. The van der Waals surface area contributed by atoms with Crippen LogP contribution in [0.5, 0.6) is 11.5 Å². The van der Waals surface area contributed by atoms with E-state index in [4.69, 9.17) is 10.00 Å². The molecule has 0 atom stereocenters. The molecular formula is C19H15N3O3S. The normalized spacial score (nSPS) is 10.8. The van der Waals surface area contributed by atoms with Crippen molar-refractivity contribution in [2.24, 2.45) is 0 Å². The largest absolute Gasteiger partial charge is 0.457 e. The molecule has 1 heterocycles. The van der Waals surface area contributed by atoms with Gasteiger partial charge in [0.05, 0.1) is 4.90 Å². The van der Waals surface area contributed by atoms with Gasteiger partial charge in [-0.25, -0.2) is 13.4 Å². The van der Waals surface area contributed by atoms with Crippen LogP contribution >= 0.6 is 0 Å². The van der Waals surface area contributed by atoms with E-state index in [1.165, 1.54) is 12.1 Å². The summed E-state index contributed by atoms with van der Waals surface area (Å²) in [6, 6.07) is 20.6. The highest BCUT2D eigenvalue weighted by atomic mass is 32.2. The van der Waals surface area contributed by atoms with Crippen molar-refractivity contribution in [3.05, 3.63) is 72.4 Å². The summed E-state index contributed by atoms with van der Waals surface area (Å²) in [6.45, 7) is 0. The van der Waals surface area contributed by atoms with Gasteiger partial charge in [0.25, 0.3) is 0 Å². The lowest BCUT2D eigenvalue weighted by Crippen LogP contribution is -1.96. The van der Waals surface area contributed by atoms with E-state index in [1.807, 2.05) is 18.2 Å². The number of sulfone groups is 1. The van der Waals surface area contributed by atoms with Crippen molar-refractivity contribution < 1.29 is 13.2 Å². The molecule has 0 aliphatic heterocycles. The average molecular weight is 365 g/mol. The Balaban J connectivity index is 1.68. The molecule has 0 aliphatic carbocycles. The number of ether oxygens (including phenoxy) is 1. The van der Waals surface area contributed by atoms with E-state index < -0.39 is 9.84 Å². The summed E-state index contributed by atoms with van der Waals surface area (Å²) in [6.07, 6.45) is 1.16. The number of benzene rings is 2. The smallest absolute Gasteiger partial charge is 0.175 e. The summed E-state index contributed by atoms with van der Waals surface area (Å²) in [7, 11) is -3.22. The molecule has 2 aromatic carbocycles. The van der Waals surface area contributed by atoms with Gasteiger partial charge in [0.15, 0.2) is 9.84 Å². The van der Waals surface area contributed by atoms with Crippen molar-refractivity contribution in [1.29, 1.82) is 5.26 Å². The van der Waals surface area contributed by atoms with Crippen LogP contribution in [0.15, 0.2) is 71.6 Å². The van der Waals surface area contributed by atoms with Gasteiger partial charge in [-0.15, -0.1) is 0 Å². The molecule has 0 spiro atoms. The summed E-state index contributed by atoms with van der Waals surface area (Å²) in [5, 5.41) is 12.0. The van der Waals surface area contributed by atoms with Crippen LogP contribution in [0.2, 0.25) is 0 Å². The highest BCUT2D eigenvalue weighted by Crippen LogP contribution is 2.25. The van der Waals surface area contributed by atoms with E-state index >= 15 is 0 Å². The maximum atomic E-state index is 11.5. The molecule has 0 saturated carbocycles. The van der Waals surface area contributed by atoms with Crippen LogP contribution in [0.25, 0.3) is 0 Å². The van der Waals surface area contributed by atoms with Gasteiger partial charge in [-0.1, -0.05) is 6.07 Å². The minimum Gasteiger partial charge on any atom is -0.457 e. The van der Waals surface area contributed by atoms with Crippen LogP contribution in [-0.2, 0) is 9.84 Å². The van der Waals surface area contributed by atoms with Gasteiger partial charge in [-0.05, 0) is 60.7 Å². The van der Waals surface area contributed by atoms with Crippen LogP contribution in [-0.4, -0.2) is 19.7 Å². The van der Waals surface area contributed by atoms with Gasteiger partial charge < -0.3 is 10.1 Å². The van der Waals surface area contributed by atoms with E-state index in [1.54, 1.807) is 42.5 Å². The SMILES string of the molecule is CS(=O)(=O)c1ccc(Oc2ccc(Nc3cccc(C#N)n3)cc2)cc1. The second kappa shape index (κ2) is 7.25. The van der Waals surface area contributed by atoms with E-state index in [0.717, 1.165) is 11.9 Å². The van der Waals surface area contributed by atoms with Gasteiger partial charge in [0, 0.05) is 11.9 Å². The number of anilines is 2. The Bertz CT molecular complexity index is 1050. The number of hydrogen-bond acceptors (Lipinski definition) is 6. The first-order valence-corrected chi connectivity index (χ1v) is 9.55. The highest BCUT2D eigenvalue weighted by molar-refractivity contribution is 7.90. The lowest BCUT2D eigenvalue weighted by molar-refractivity contribution is 0.482. The lowest BCUT2D eigenvalue weighted by Gasteiger charge is -2.09. The molecule has 0 aliphatic rings. The molecule has 3 rings (SSSR count). The highest BCUT2D eigenvalue weighted by Gasteiger charge is 2.07. The Morgan fingerprint density at radius 1 is 0.962 bits per heavy atom. The molecular weight excluding hydrogens is 350 g/mol. The monoisotopic (exact) mass is 365 g/mol.